The Morgan fingerprint density at radius 3 is 1.27 bits per heavy atom. The first-order valence-electron chi connectivity index (χ1n) is 2.89. The maximum Gasteiger partial charge on any atom is 0.490 e. The maximum absolute atomic E-state index is 11.1. The van der Waals surface area contributed by atoms with Gasteiger partial charge >= 0.3 is 18.3 Å². The second-order valence-corrected chi connectivity index (χ2v) is 2.42. The lowest BCUT2D eigenvalue weighted by atomic mass is 10.4. The summed E-state index contributed by atoms with van der Waals surface area (Å²) in [6.07, 6.45) is -9.76. The number of carboxylic acids is 1. The van der Waals surface area contributed by atoms with Crippen molar-refractivity contribution in [3.8, 4) is 0 Å². The van der Waals surface area contributed by atoms with Crippen LogP contribution in [-0.4, -0.2) is 34.5 Å². The molecule has 90 valence electrons. The predicted octanol–water partition coefficient (Wildman–Crippen LogP) is 2.15. The van der Waals surface area contributed by atoms with E-state index in [0.29, 0.717) is 0 Å². The number of rotatable bonds is 1. The SMILES string of the molecule is O=C(CBr)C(F)(F)F.O=C(O)C(F)(F)F. The summed E-state index contributed by atoms with van der Waals surface area (Å²) >= 11 is 2.38. The van der Waals surface area contributed by atoms with Crippen LogP contribution in [0.3, 0.4) is 0 Å². The molecule has 10 heteroatoms. The summed E-state index contributed by atoms with van der Waals surface area (Å²) < 4.78 is 64.9. The fourth-order valence-corrected chi connectivity index (χ4v) is 0.394. The molecule has 0 aliphatic heterocycles. The lowest BCUT2D eigenvalue weighted by Crippen LogP contribution is -2.23. The number of aliphatic carboxylic acids is 1. The molecule has 0 aliphatic carbocycles. The summed E-state index contributed by atoms with van der Waals surface area (Å²) in [5.41, 5.74) is 0. The third-order valence-electron chi connectivity index (χ3n) is 0.680. The number of carbonyl (C=O) groups is 2. The van der Waals surface area contributed by atoms with Gasteiger partial charge in [-0.15, -0.1) is 0 Å². The molecule has 15 heavy (non-hydrogen) atoms. The average molecular weight is 305 g/mol. The third-order valence-corrected chi connectivity index (χ3v) is 1.19. The Labute approximate surface area is 87.2 Å². The molecule has 1 N–H and O–H groups in total. The van der Waals surface area contributed by atoms with Crippen molar-refractivity contribution in [3.05, 3.63) is 0 Å². The van der Waals surface area contributed by atoms with E-state index >= 15 is 0 Å². The minimum Gasteiger partial charge on any atom is -0.475 e. The topological polar surface area (TPSA) is 54.4 Å². The van der Waals surface area contributed by atoms with Crippen LogP contribution in [-0.2, 0) is 9.59 Å². The van der Waals surface area contributed by atoms with Gasteiger partial charge in [-0.2, -0.15) is 26.3 Å². The molecule has 0 aliphatic rings. The first kappa shape index (κ1) is 16.6. The zero-order valence-corrected chi connectivity index (χ0v) is 8.20. The van der Waals surface area contributed by atoms with E-state index in [0.717, 1.165) is 0 Å². The number of alkyl halides is 7. The van der Waals surface area contributed by atoms with Gasteiger partial charge in [0.1, 0.15) is 0 Å². The molecule has 3 nitrogen and oxygen atoms in total. The smallest absolute Gasteiger partial charge is 0.475 e. The van der Waals surface area contributed by atoms with E-state index in [9.17, 15) is 31.1 Å². The highest BCUT2D eigenvalue weighted by Gasteiger charge is 2.38. The Hall–Kier alpha value is -0.800. The van der Waals surface area contributed by atoms with Gasteiger partial charge in [0.2, 0.25) is 5.78 Å². The summed E-state index contributed by atoms with van der Waals surface area (Å²) in [6.45, 7) is 0. The van der Waals surface area contributed by atoms with Crippen LogP contribution in [0.25, 0.3) is 0 Å². The average Bonchev–Trinajstić information content (AvgIpc) is 2.00. The molecular formula is C5H3BrF6O3. The number of hydrogen-bond donors (Lipinski definition) is 1. The fraction of sp³-hybridized carbons (Fsp3) is 0.600. The molecule has 0 heterocycles. The van der Waals surface area contributed by atoms with Gasteiger partial charge in [0.15, 0.2) is 0 Å². The van der Waals surface area contributed by atoms with Crippen LogP contribution in [0.1, 0.15) is 0 Å². The van der Waals surface area contributed by atoms with Crippen LogP contribution in [0.4, 0.5) is 26.3 Å². The molecule has 0 atom stereocenters. The van der Waals surface area contributed by atoms with E-state index in [2.05, 4.69) is 15.9 Å². The fourth-order valence-electron chi connectivity index (χ4n) is 0.0758. The van der Waals surface area contributed by atoms with Gasteiger partial charge in [-0.1, -0.05) is 15.9 Å². The van der Waals surface area contributed by atoms with E-state index in [4.69, 9.17) is 9.90 Å². The van der Waals surface area contributed by atoms with E-state index in [-0.39, 0.29) is 0 Å². The molecule has 0 bridgehead atoms. The second-order valence-electron chi connectivity index (χ2n) is 1.86. The van der Waals surface area contributed by atoms with Crippen molar-refractivity contribution in [1.29, 1.82) is 0 Å². The van der Waals surface area contributed by atoms with Gasteiger partial charge in [0, 0.05) is 0 Å². The number of carboxylic acid groups (broad SMARTS) is 1. The lowest BCUT2D eigenvalue weighted by molar-refractivity contribution is -0.192. The highest BCUT2D eigenvalue weighted by Crippen LogP contribution is 2.16. The van der Waals surface area contributed by atoms with Gasteiger partial charge in [0.25, 0.3) is 0 Å². The van der Waals surface area contributed by atoms with Crippen LogP contribution in [0, 0.1) is 0 Å². The van der Waals surface area contributed by atoms with Crippen molar-refractivity contribution in [2.75, 3.05) is 5.33 Å². The van der Waals surface area contributed by atoms with Crippen molar-refractivity contribution in [2.45, 2.75) is 12.4 Å². The van der Waals surface area contributed by atoms with Crippen LogP contribution in [0.15, 0.2) is 0 Å². The molecule has 0 rings (SSSR count). The van der Waals surface area contributed by atoms with Crippen molar-refractivity contribution in [3.63, 3.8) is 0 Å². The van der Waals surface area contributed by atoms with Crippen molar-refractivity contribution >= 4 is 27.7 Å². The number of ketones is 1. The maximum atomic E-state index is 11.1. The minimum atomic E-state index is -5.08. The highest BCUT2D eigenvalue weighted by molar-refractivity contribution is 9.09. The molecule has 0 aromatic carbocycles. The summed E-state index contributed by atoms with van der Waals surface area (Å²) in [5, 5.41) is 6.47. The first-order chi connectivity index (χ1) is 6.42. The van der Waals surface area contributed by atoms with E-state index in [1.165, 1.54) is 0 Å². The number of halogens is 7. The zero-order chi connectivity index (χ0) is 12.9. The number of Topliss-reactive ketones (excluding diaryl/α,β-unsaturated/α-hetero) is 1. The molecule has 0 saturated heterocycles. The molecule has 0 saturated carbocycles. The Balaban J connectivity index is 0. The first-order valence-corrected chi connectivity index (χ1v) is 4.01. The summed E-state index contributed by atoms with van der Waals surface area (Å²) in [4.78, 5) is 18.6. The number of carbonyl (C=O) groups excluding carboxylic acids is 1. The van der Waals surface area contributed by atoms with E-state index in [1.54, 1.807) is 0 Å². The molecule has 0 aromatic rings. The monoisotopic (exact) mass is 304 g/mol. The van der Waals surface area contributed by atoms with Crippen LogP contribution in [0.5, 0.6) is 0 Å². The molecule has 0 fully saturated rings. The highest BCUT2D eigenvalue weighted by atomic mass is 79.9. The van der Waals surface area contributed by atoms with Crippen LogP contribution < -0.4 is 0 Å². The summed E-state index contributed by atoms with van der Waals surface area (Å²) in [5.74, 6) is -4.51. The molecule has 0 spiro atoms. The van der Waals surface area contributed by atoms with Gasteiger partial charge in [-0.05, 0) is 0 Å². The van der Waals surface area contributed by atoms with Crippen molar-refractivity contribution in [2.24, 2.45) is 0 Å². The Bertz CT molecular complexity index is 232. The Morgan fingerprint density at radius 2 is 1.27 bits per heavy atom. The normalized spacial score (nSPS) is 11.4. The predicted molar refractivity (Wildman–Crippen MR) is 38.5 cm³/mol. The van der Waals surface area contributed by atoms with Gasteiger partial charge < -0.3 is 5.11 Å². The van der Waals surface area contributed by atoms with E-state index in [1.807, 2.05) is 0 Å². The Kier molecular flexibility index (Phi) is 6.57. The third kappa shape index (κ3) is 9.50. The van der Waals surface area contributed by atoms with Crippen LogP contribution >= 0.6 is 15.9 Å². The molecule has 0 unspecified atom stereocenters. The van der Waals surface area contributed by atoms with Crippen molar-refractivity contribution < 1.29 is 41.0 Å². The largest absolute Gasteiger partial charge is 0.490 e. The standard InChI is InChI=1S/C3H2BrF3O.C2HF3O2/c4-1-2(8)3(5,6)7;3-2(4,5)1(6)7/h1H2;(H,6,7). The number of hydrogen-bond acceptors (Lipinski definition) is 2. The molecule has 0 radical (unpaired) electrons. The second kappa shape index (κ2) is 5.93. The van der Waals surface area contributed by atoms with E-state index < -0.39 is 29.4 Å². The summed E-state index contributed by atoms with van der Waals surface area (Å²) in [7, 11) is 0. The zero-order valence-electron chi connectivity index (χ0n) is 6.62. The van der Waals surface area contributed by atoms with Gasteiger partial charge in [0.05, 0.1) is 5.33 Å². The lowest BCUT2D eigenvalue weighted by Gasteiger charge is -1.98. The quantitative estimate of drug-likeness (QED) is 0.596. The van der Waals surface area contributed by atoms with Crippen LogP contribution in [0.2, 0.25) is 0 Å². The minimum absolute atomic E-state index is 0.656. The molecule has 0 amide bonds. The summed E-state index contributed by atoms with van der Waals surface area (Å²) in [6, 6.07) is 0. The molecule has 0 aromatic heterocycles. The van der Waals surface area contributed by atoms with Gasteiger partial charge in [-0.25, -0.2) is 4.79 Å². The van der Waals surface area contributed by atoms with Gasteiger partial charge in [-0.3, -0.25) is 4.79 Å². The Morgan fingerprint density at radius 1 is 1.00 bits per heavy atom. The van der Waals surface area contributed by atoms with Crippen molar-refractivity contribution in [1.82, 2.24) is 0 Å². The molecular weight excluding hydrogens is 302 g/mol.